The number of aliphatic hydroxyl groups is 3. The van der Waals surface area contributed by atoms with Crippen LogP contribution in [0.5, 0.6) is 17.2 Å². The van der Waals surface area contributed by atoms with Crippen LogP contribution in [0.3, 0.4) is 0 Å². The molecule has 1 heterocycles. The van der Waals surface area contributed by atoms with Crippen LogP contribution in [0.1, 0.15) is 68.8 Å². The summed E-state index contributed by atoms with van der Waals surface area (Å²) in [5.74, 6) is -3.77. The Morgan fingerprint density at radius 2 is 1.85 bits per heavy atom. The number of ether oxygens (including phenoxy) is 3. The van der Waals surface area contributed by atoms with E-state index in [1.807, 2.05) is 0 Å². The van der Waals surface area contributed by atoms with Crippen molar-refractivity contribution in [1.82, 2.24) is 0 Å². The van der Waals surface area contributed by atoms with Gasteiger partial charge in [-0.15, -0.1) is 0 Å². The number of fused-ring (bicyclic) bond motifs is 3. The molecule has 0 spiro atoms. The summed E-state index contributed by atoms with van der Waals surface area (Å²) in [6.45, 7) is 0.560. The van der Waals surface area contributed by atoms with Crippen molar-refractivity contribution < 1.29 is 54.1 Å². The second-order valence-electron chi connectivity index (χ2n) is 10.2. The molecule has 6 atom stereocenters. The third-order valence-corrected chi connectivity index (χ3v) is 7.81. The third kappa shape index (κ3) is 4.11. The number of methoxy groups -OCH3 is 1. The predicted octanol–water partition coefficient (Wildman–Crippen LogP) is 0.00130. The number of rotatable bonds is 5. The summed E-state index contributed by atoms with van der Waals surface area (Å²) in [5, 5.41) is 53.7. The quantitative estimate of drug-likeness (QED) is 0.235. The van der Waals surface area contributed by atoms with Gasteiger partial charge in [0.05, 0.1) is 42.1 Å². The maximum atomic E-state index is 13.6. The van der Waals surface area contributed by atoms with Crippen molar-refractivity contribution in [1.29, 1.82) is 0 Å². The lowest BCUT2D eigenvalue weighted by Gasteiger charge is -2.42. The Hall–Kier alpha value is -3.39. The average molecular weight is 544 g/mol. The Kier molecular flexibility index (Phi) is 6.74. The second-order valence-corrected chi connectivity index (χ2v) is 10.2. The minimum Gasteiger partial charge on any atom is -0.507 e. The topological polar surface area (TPSA) is 206 Å². The van der Waals surface area contributed by atoms with Gasteiger partial charge in [0.1, 0.15) is 29.5 Å². The molecule has 7 N–H and O–H groups in total. The normalized spacial score (nSPS) is 29.8. The van der Waals surface area contributed by atoms with E-state index in [9.17, 15) is 39.9 Å². The Bertz CT molecular complexity index is 1380. The van der Waals surface area contributed by atoms with Crippen molar-refractivity contribution in [3.63, 3.8) is 0 Å². The summed E-state index contributed by atoms with van der Waals surface area (Å²) < 4.78 is 17.0. The van der Waals surface area contributed by atoms with Gasteiger partial charge >= 0.3 is 0 Å². The van der Waals surface area contributed by atoms with Gasteiger partial charge in [-0.3, -0.25) is 14.4 Å². The van der Waals surface area contributed by atoms with Gasteiger partial charge < -0.3 is 45.5 Å². The SMILES string of the molecule is COc1cccc2c1C(=O)c1c(O)c3c(c(O)c1C2=O)C[C@@](O)(C(=O)CO)C[C@H]3O[C@@H]1C[C@H](N)[C@H](O)[C@H](C)O1. The molecule has 0 aromatic heterocycles. The van der Waals surface area contributed by atoms with Gasteiger partial charge in [0.2, 0.25) is 5.78 Å². The number of phenols is 2. The van der Waals surface area contributed by atoms with E-state index in [1.165, 1.54) is 25.3 Å². The molecule has 2 aliphatic carbocycles. The zero-order valence-electron chi connectivity index (χ0n) is 21.2. The summed E-state index contributed by atoms with van der Waals surface area (Å²) in [7, 11) is 1.32. The number of carbonyl (C=O) groups excluding carboxylic acids is 3. The molecule has 5 rings (SSSR count). The maximum absolute atomic E-state index is 13.6. The fourth-order valence-corrected chi connectivity index (χ4v) is 5.75. The van der Waals surface area contributed by atoms with Gasteiger partial charge in [0, 0.05) is 42.0 Å². The lowest BCUT2D eigenvalue weighted by Crippen LogP contribution is -2.53. The van der Waals surface area contributed by atoms with Crippen LogP contribution in [-0.4, -0.2) is 86.7 Å². The van der Waals surface area contributed by atoms with E-state index in [2.05, 4.69) is 0 Å². The molecule has 0 amide bonds. The zero-order chi connectivity index (χ0) is 28.4. The molecule has 0 saturated carbocycles. The van der Waals surface area contributed by atoms with Crippen LogP contribution in [0, 0.1) is 0 Å². The first kappa shape index (κ1) is 27.2. The molecule has 12 heteroatoms. The van der Waals surface area contributed by atoms with Crippen molar-refractivity contribution >= 4 is 17.3 Å². The number of ketones is 3. The largest absolute Gasteiger partial charge is 0.507 e. The molecule has 2 aromatic rings. The fourth-order valence-electron chi connectivity index (χ4n) is 5.75. The third-order valence-electron chi connectivity index (χ3n) is 7.81. The molecule has 208 valence electrons. The molecule has 39 heavy (non-hydrogen) atoms. The molecule has 2 aromatic carbocycles. The fraction of sp³-hybridized carbons (Fsp3) is 0.444. The zero-order valence-corrected chi connectivity index (χ0v) is 21.2. The molecule has 0 bridgehead atoms. The summed E-state index contributed by atoms with van der Waals surface area (Å²) in [6, 6.07) is 3.64. The van der Waals surface area contributed by atoms with Crippen molar-refractivity contribution in [2.45, 2.75) is 62.4 Å². The van der Waals surface area contributed by atoms with Gasteiger partial charge in [-0.05, 0) is 13.0 Å². The van der Waals surface area contributed by atoms with Crippen LogP contribution >= 0.6 is 0 Å². The molecular weight excluding hydrogens is 514 g/mol. The molecule has 1 aliphatic heterocycles. The van der Waals surface area contributed by atoms with Crippen molar-refractivity contribution in [3.05, 3.63) is 51.6 Å². The van der Waals surface area contributed by atoms with Gasteiger partial charge in [0.25, 0.3) is 0 Å². The number of carbonyl (C=O) groups is 3. The number of aliphatic hydroxyl groups excluding tert-OH is 2. The first-order valence-corrected chi connectivity index (χ1v) is 12.4. The Morgan fingerprint density at radius 3 is 2.49 bits per heavy atom. The molecule has 1 fully saturated rings. The van der Waals surface area contributed by atoms with E-state index in [4.69, 9.17) is 19.9 Å². The van der Waals surface area contributed by atoms with Crippen LogP contribution < -0.4 is 10.5 Å². The maximum Gasteiger partial charge on any atom is 0.202 e. The Balaban J connectivity index is 1.69. The van der Waals surface area contributed by atoms with Crippen molar-refractivity contribution in [2.75, 3.05) is 13.7 Å². The van der Waals surface area contributed by atoms with Gasteiger partial charge in [-0.1, -0.05) is 12.1 Å². The first-order valence-electron chi connectivity index (χ1n) is 12.4. The van der Waals surface area contributed by atoms with Crippen molar-refractivity contribution in [3.8, 4) is 17.2 Å². The van der Waals surface area contributed by atoms with Gasteiger partial charge in [-0.25, -0.2) is 0 Å². The summed E-state index contributed by atoms with van der Waals surface area (Å²) >= 11 is 0. The predicted molar refractivity (Wildman–Crippen MR) is 132 cm³/mol. The molecule has 12 nitrogen and oxygen atoms in total. The number of phenolic OH excluding ortho intramolecular Hbond substituents is 2. The molecule has 3 aliphatic rings. The molecular formula is C27H29NO11. The first-order chi connectivity index (χ1) is 18.4. The monoisotopic (exact) mass is 543 g/mol. The van der Waals surface area contributed by atoms with Crippen LogP contribution in [0.15, 0.2) is 18.2 Å². The molecule has 1 saturated heterocycles. The van der Waals surface area contributed by atoms with Gasteiger partial charge in [0.15, 0.2) is 17.9 Å². The standard InChI is InChI=1S/C27H29NO11/c1-10-22(31)13(28)6-17(38-10)39-15-8-27(36,16(30)9-29)7-12-19(15)26(35)21-20(24(12)33)23(32)11-4-3-5-14(37-2)18(11)25(21)34/h3-5,10,13,15,17,22,29,31,33,35-36H,6-9,28H2,1-2H3/t10-,13-,15+,17+,22+,27-/m0/s1. The summed E-state index contributed by atoms with van der Waals surface area (Å²) in [6.07, 6.45) is -5.12. The smallest absolute Gasteiger partial charge is 0.202 e. The summed E-state index contributed by atoms with van der Waals surface area (Å²) in [4.78, 5) is 39.7. The average Bonchev–Trinajstić information content (AvgIpc) is 2.90. The lowest BCUT2D eigenvalue weighted by molar-refractivity contribution is -0.247. The van der Waals surface area contributed by atoms with E-state index in [0.29, 0.717) is 0 Å². The minimum atomic E-state index is -2.24. The number of aromatic hydroxyl groups is 2. The second kappa shape index (κ2) is 9.66. The van der Waals surface area contributed by atoms with Crippen LogP contribution in [-0.2, 0) is 20.7 Å². The summed E-state index contributed by atoms with van der Waals surface area (Å²) in [5.41, 5.74) is 2.37. The lowest BCUT2D eigenvalue weighted by atomic mass is 9.72. The number of benzene rings is 2. The molecule has 0 unspecified atom stereocenters. The Labute approximate surface area is 222 Å². The van der Waals surface area contributed by atoms with E-state index >= 15 is 0 Å². The highest BCUT2D eigenvalue weighted by molar-refractivity contribution is 6.31. The Morgan fingerprint density at radius 1 is 1.15 bits per heavy atom. The van der Waals surface area contributed by atoms with Crippen LogP contribution in [0.25, 0.3) is 0 Å². The number of Topliss-reactive ketones (excluding diaryl/α,β-unsaturated/α-hetero) is 1. The van der Waals surface area contributed by atoms with E-state index in [-0.39, 0.29) is 34.4 Å². The van der Waals surface area contributed by atoms with E-state index < -0.39 is 95.7 Å². The van der Waals surface area contributed by atoms with Crippen LogP contribution in [0.4, 0.5) is 0 Å². The highest BCUT2D eigenvalue weighted by Gasteiger charge is 2.50. The van der Waals surface area contributed by atoms with Gasteiger partial charge in [-0.2, -0.15) is 0 Å². The minimum absolute atomic E-state index is 0.0173. The number of nitrogens with two attached hydrogens (primary N) is 1. The highest BCUT2D eigenvalue weighted by atomic mass is 16.7. The van der Waals surface area contributed by atoms with Crippen molar-refractivity contribution in [2.24, 2.45) is 5.73 Å². The molecule has 0 radical (unpaired) electrons. The number of hydrogen-bond acceptors (Lipinski definition) is 12. The van der Waals surface area contributed by atoms with Crippen LogP contribution in [0.2, 0.25) is 0 Å². The number of hydrogen-bond donors (Lipinski definition) is 6. The van der Waals surface area contributed by atoms with E-state index in [1.54, 1.807) is 6.92 Å². The highest BCUT2D eigenvalue weighted by Crippen LogP contribution is 2.52. The van der Waals surface area contributed by atoms with E-state index in [0.717, 1.165) is 0 Å².